The number of hydrogen-bond acceptors (Lipinski definition) is 4. The summed E-state index contributed by atoms with van der Waals surface area (Å²) in [5, 5.41) is 3.30. The van der Waals surface area contributed by atoms with Crippen molar-refractivity contribution in [1.29, 1.82) is 0 Å². The average molecular weight is 247 g/mol. The van der Waals surface area contributed by atoms with Crippen molar-refractivity contribution in [2.24, 2.45) is 0 Å². The van der Waals surface area contributed by atoms with Crippen LogP contribution in [0.3, 0.4) is 0 Å². The molecule has 0 unspecified atom stereocenters. The van der Waals surface area contributed by atoms with E-state index in [1.54, 1.807) is 0 Å². The minimum atomic E-state index is -0.426. The molecule has 1 aromatic carbocycles. The first-order valence-electron chi connectivity index (χ1n) is 6.46. The third kappa shape index (κ3) is 1.68. The minimum absolute atomic E-state index is 0.199. The van der Waals surface area contributed by atoms with E-state index in [1.807, 2.05) is 25.1 Å². The van der Waals surface area contributed by atoms with E-state index in [0.29, 0.717) is 12.2 Å². The van der Waals surface area contributed by atoms with Crippen molar-refractivity contribution in [3.63, 3.8) is 0 Å². The van der Waals surface area contributed by atoms with Gasteiger partial charge in [-0.3, -0.25) is 0 Å². The zero-order valence-electron chi connectivity index (χ0n) is 10.5. The van der Waals surface area contributed by atoms with Crippen molar-refractivity contribution in [3.8, 4) is 5.75 Å². The molecule has 3 rings (SSSR count). The normalized spacial score (nSPS) is 20.6. The molecule has 4 heteroatoms. The van der Waals surface area contributed by atoms with Crippen LogP contribution < -0.4 is 10.1 Å². The van der Waals surface area contributed by atoms with Crippen LogP contribution in [0.4, 0.5) is 0 Å². The fraction of sp³-hybridized carbons (Fsp3) is 0.500. The number of benzene rings is 1. The molecule has 0 saturated carbocycles. The summed E-state index contributed by atoms with van der Waals surface area (Å²) in [6.07, 6.45) is 1.67. The molecule has 0 radical (unpaired) electrons. The number of esters is 1. The fourth-order valence-electron chi connectivity index (χ4n) is 2.82. The summed E-state index contributed by atoms with van der Waals surface area (Å²) in [6, 6.07) is 5.62. The van der Waals surface area contributed by atoms with Crippen LogP contribution in [-0.4, -0.2) is 25.7 Å². The number of ether oxygens (including phenoxy) is 2. The maximum atomic E-state index is 11.9. The molecule has 1 spiro atoms. The van der Waals surface area contributed by atoms with E-state index in [9.17, 15) is 4.79 Å². The highest BCUT2D eigenvalue weighted by molar-refractivity contribution is 5.95. The van der Waals surface area contributed by atoms with Crippen molar-refractivity contribution in [1.82, 2.24) is 5.32 Å². The molecule has 2 heterocycles. The summed E-state index contributed by atoms with van der Waals surface area (Å²) in [5.74, 6) is 0.613. The standard InChI is InChI=1S/C14H17NO3/c1-2-17-10-3-4-11-12(9-10)14(18-13(11)16)5-7-15-8-6-14/h3-4,9,15H,2,5-8H2,1H3. The Labute approximate surface area is 106 Å². The van der Waals surface area contributed by atoms with E-state index in [0.717, 1.165) is 37.2 Å². The Morgan fingerprint density at radius 2 is 2.17 bits per heavy atom. The van der Waals surface area contributed by atoms with Gasteiger partial charge in [0.2, 0.25) is 0 Å². The molecule has 1 aromatic rings. The fourth-order valence-corrected chi connectivity index (χ4v) is 2.82. The van der Waals surface area contributed by atoms with E-state index in [4.69, 9.17) is 9.47 Å². The highest BCUT2D eigenvalue weighted by Gasteiger charge is 2.46. The lowest BCUT2D eigenvalue weighted by Gasteiger charge is -2.33. The van der Waals surface area contributed by atoms with Crippen LogP contribution in [0.15, 0.2) is 18.2 Å². The summed E-state index contributed by atoms with van der Waals surface area (Å²) in [4.78, 5) is 11.9. The van der Waals surface area contributed by atoms with E-state index in [2.05, 4.69) is 5.32 Å². The molecular weight excluding hydrogens is 230 g/mol. The smallest absolute Gasteiger partial charge is 0.339 e. The van der Waals surface area contributed by atoms with Crippen LogP contribution in [0.1, 0.15) is 35.7 Å². The Morgan fingerprint density at radius 1 is 1.39 bits per heavy atom. The van der Waals surface area contributed by atoms with Gasteiger partial charge >= 0.3 is 5.97 Å². The van der Waals surface area contributed by atoms with Gasteiger partial charge in [0.25, 0.3) is 0 Å². The number of carbonyl (C=O) groups is 1. The molecule has 0 atom stereocenters. The number of piperidine rings is 1. The monoisotopic (exact) mass is 247 g/mol. The van der Waals surface area contributed by atoms with Crippen LogP contribution >= 0.6 is 0 Å². The molecule has 1 fully saturated rings. The predicted octanol–water partition coefficient (Wildman–Crippen LogP) is 1.83. The second-order valence-corrected chi connectivity index (χ2v) is 4.77. The first kappa shape index (κ1) is 11.5. The van der Waals surface area contributed by atoms with Crippen molar-refractivity contribution in [3.05, 3.63) is 29.3 Å². The van der Waals surface area contributed by atoms with Crippen LogP contribution in [0, 0.1) is 0 Å². The Morgan fingerprint density at radius 3 is 2.89 bits per heavy atom. The van der Waals surface area contributed by atoms with Gasteiger partial charge in [-0.1, -0.05) is 0 Å². The van der Waals surface area contributed by atoms with Gasteiger partial charge in [-0.15, -0.1) is 0 Å². The highest BCUT2D eigenvalue weighted by Crippen LogP contribution is 2.44. The Kier molecular flexibility index (Phi) is 2.74. The van der Waals surface area contributed by atoms with E-state index in [-0.39, 0.29) is 5.97 Å². The van der Waals surface area contributed by atoms with E-state index >= 15 is 0 Å². The first-order valence-corrected chi connectivity index (χ1v) is 6.46. The molecule has 0 bridgehead atoms. The summed E-state index contributed by atoms with van der Waals surface area (Å²) in [5.41, 5.74) is 1.27. The van der Waals surface area contributed by atoms with Gasteiger partial charge in [0, 0.05) is 18.4 Å². The van der Waals surface area contributed by atoms with Crippen LogP contribution in [0.5, 0.6) is 5.75 Å². The second kappa shape index (κ2) is 4.28. The zero-order chi connectivity index (χ0) is 12.6. The van der Waals surface area contributed by atoms with Gasteiger partial charge in [0.15, 0.2) is 0 Å². The van der Waals surface area contributed by atoms with Gasteiger partial charge in [-0.25, -0.2) is 4.79 Å². The summed E-state index contributed by atoms with van der Waals surface area (Å²) in [7, 11) is 0. The molecule has 1 saturated heterocycles. The first-order chi connectivity index (χ1) is 8.75. The molecule has 1 N–H and O–H groups in total. The molecule has 2 aliphatic rings. The molecule has 96 valence electrons. The minimum Gasteiger partial charge on any atom is -0.494 e. The molecular formula is C14H17NO3. The molecule has 0 aromatic heterocycles. The summed E-state index contributed by atoms with van der Waals surface area (Å²) in [6.45, 7) is 4.34. The molecule has 2 aliphatic heterocycles. The third-order valence-electron chi connectivity index (χ3n) is 3.71. The van der Waals surface area contributed by atoms with Gasteiger partial charge in [0.1, 0.15) is 11.4 Å². The highest BCUT2D eigenvalue weighted by atomic mass is 16.6. The van der Waals surface area contributed by atoms with Crippen LogP contribution in [0.25, 0.3) is 0 Å². The van der Waals surface area contributed by atoms with Gasteiger partial charge in [-0.2, -0.15) is 0 Å². The van der Waals surface area contributed by atoms with E-state index in [1.165, 1.54) is 0 Å². The van der Waals surface area contributed by atoms with Crippen LogP contribution in [0.2, 0.25) is 0 Å². The second-order valence-electron chi connectivity index (χ2n) is 4.77. The van der Waals surface area contributed by atoms with Crippen molar-refractivity contribution < 1.29 is 14.3 Å². The molecule has 0 amide bonds. The maximum absolute atomic E-state index is 11.9. The van der Waals surface area contributed by atoms with Crippen molar-refractivity contribution >= 4 is 5.97 Å². The number of nitrogens with one attached hydrogen (secondary N) is 1. The Balaban J connectivity index is 2.03. The van der Waals surface area contributed by atoms with E-state index < -0.39 is 5.60 Å². The predicted molar refractivity (Wildman–Crippen MR) is 66.8 cm³/mol. The van der Waals surface area contributed by atoms with Gasteiger partial charge in [0.05, 0.1) is 12.2 Å². The maximum Gasteiger partial charge on any atom is 0.339 e. The third-order valence-corrected chi connectivity index (χ3v) is 3.71. The van der Waals surface area contributed by atoms with Crippen molar-refractivity contribution in [2.75, 3.05) is 19.7 Å². The quantitative estimate of drug-likeness (QED) is 0.810. The molecule has 18 heavy (non-hydrogen) atoms. The lowest BCUT2D eigenvalue weighted by Crippen LogP contribution is -2.40. The molecule has 0 aliphatic carbocycles. The topological polar surface area (TPSA) is 47.6 Å². The molecule has 4 nitrogen and oxygen atoms in total. The van der Waals surface area contributed by atoms with Gasteiger partial charge in [-0.05, 0) is 38.2 Å². The summed E-state index contributed by atoms with van der Waals surface area (Å²) >= 11 is 0. The summed E-state index contributed by atoms with van der Waals surface area (Å²) < 4.78 is 11.2. The van der Waals surface area contributed by atoms with Crippen molar-refractivity contribution in [2.45, 2.75) is 25.4 Å². The number of hydrogen-bond donors (Lipinski definition) is 1. The SMILES string of the molecule is CCOc1ccc2c(c1)C1(CCNCC1)OC2=O. The average Bonchev–Trinajstić information content (AvgIpc) is 2.64. The Bertz CT molecular complexity index is 478. The number of fused-ring (bicyclic) bond motifs is 2. The number of rotatable bonds is 2. The van der Waals surface area contributed by atoms with Gasteiger partial charge < -0.3 is 14.8 Å². The lowest BCUT2D eigenvalue weighted by atomic mass is 9.84. The lowest BCUT2D eigenvalue weighted by molar-refractivity contribution is -0.0242. The zero-order valence-corrected chi connectivity index (χ0v) is 10.5. The Hall–Kier alpha value is -1.55. The largest absolute Gasteiger partial charge is 0.494 e. The van der Waals surface area contributed by atoms with Crippen LogP contribution in [-0.2, 0) is 10.3 Å². The number of carbonyl (C=O) groups excluding carboxylic acids is 1.